The van der Waals surface area contributed by atoms with Crippen LogP contribution in [0, 0.1) is 17.7 Å². The maximum atomic E-state index is 13.8. The first-order valence-corrected chi connectivity index (χ1v) is 14.8. The molecule has 0 aliphatic rings. The van der Waals surface area contributed by atoms with E-state index in [1.807, 2.05) is 32.9 Å². The summed E-state index contributed by atoms with van der Waals surface area (Å²) in [6, 6.07) is 6.79. The minimum Gasteiger partial charge on any atom is -0.393 e. The van der Waals surface area contributed by atoms with E-state index in [0.717, 1.165) is 41.5 Å². The van der Waals surface area contributed by atoms with Crippen molar-refractivity contribution in [2.24, 2.45) is 11.8 Å². The summed E-state index contributed by atoms with van der Waals surface area (Å²) in [7, 11) is 0. The lowest BCUT2D eigenvalue weighted by molar-refractivity contribution is 0.152. The van der Waals surface area contributed by atoms with Crippen LogP contribution in [0.4, 0.5) is 4.39 Å². The summed E-state index contributed by atoms with van der Waals surface area (Å²) in [5.74, 6) is 0.447. The maximum absolute atomic E-state index is 13.8. The molecule has 0 aromatic heterocycles. The minimum atomic E-state index is -0.378. The van der Waals surface area contributed by atoms with Crippen molar-refractivity contribution in [3.05, 3.63) is 89.3 Å². The molecule has 0 bridgehead atoms. The second kappa shape index (κ2) is 23.6. The molecular weight excluding hydrogens is 483 g/mol. The summed E-state index contributed by atoms with van der Waals surface area (Å²) in [6.45, 7) is 29.5. The number of aliphatic hydroxyl groups is 1. The smallest absolute Gasteiger partial charge is 0.123 e. The van der Waals surface area contributed by atoms with E-state index in [2.05, 4.69) is 73.8 Å². The van der Waals surface area contributed by atoms with Crippen LogP contribution in [0.1, 0.15) is 107 Å². The molecule has 2 atom stereocenters. The zero-order valence-electron chi connectivity index (χ0n) is 26.9. The molecule has 1 rings (SSSR count). The molecule has 0 heterocycles. The van der Waals surface area contributed by atoms with Gasteiger partial charge in [-0.2, -0.15) is 0 Å². The van der Waals surface area contributed by atoms with Crippen LogP contribution in [0.25, 0.3) is 5.57 Å². The fourth-order valence-corrected chi connectivity index (χ4v) is 4.00. The lowest BCUT2D eigenvalue weighted by Gasteiger charge is -2.21. The highest BCUT2D eigenvalue weighted by Crippen LogP contribution is 2.33. The predicted octanol–water partition coefficient (Wildman–Crippen LogP) is 10.9. The molecule has 0 saturated carbocycles. The van der Waals surface area contributed by atoms with E-state index in [9.17, 15) is 9.50 Å². The van der Waals surface area contributed by atoms with Crippen LogP contribution in [0.3, 0.4) is 0 Å². The summed E-state index contributed by atoms with van der Waals surface area (Å²) in [4.78, 5) is 0. The van der Waals surface area contributed by atoms with E-state index in [0.29, 0.717) is 32.0 Å². The van der Waals surface area contributed by atoms with Gasteiger partial charge < -0.3 is 9.84 Å². The average molecular weight is 543 g/mol. The third kappa shape index (κ3) is 17.9. The van der Waals surface area contributed by atoms with E-state index in [1.54, 1.807) is 6.08 Å². The Labute approximate surface area is 241 Å². The largest absolute Gasteiger partial charge is 0.393 e. The number of aliphatic hydroxyl groups excluding tert-OH is 1. The highest BCUT2D eigenvalue weighted by atomic mass is 19.1. The van der Waals surface area contributed by atoms with Crippen molar-refractivity contribution >= 4 is 5.57 Å². The zero-order chi connectivity index (χ0) is 30.4. The normalized spacial score (nSPS) is 12.9. The molecule has 1 aromatic rings. The SMILES string of the molecule is C=C(CC)CC(O)CC(C)/C=C/C(CC(C)C)=C(/C(COCCC)=C(C)C)c1ccc(F)cc1.C=CC.CC. The van der Waals surface area contributed by atoms with Crippen LogP contribution < -0.4 is 0 Å². The summed E-state index contributed by atoms with van der Waals surface area (Å²) >= 11 is 0. The molecule has 0 amide bonds. The topological polar surface area (TPSA) is 29.5 Å². The number of allylic oxidation sites excluding steroid dienone is 5. The maximum Gasteiger partial charge on any atom is 0.123 e. The molecule has 0 aliphatic heterocycles. The van der Waals surface area contributed by atoms with Crippen LogP contribution in [-0.4, -0.2) is 24.4 Å². The van der Waals surface area contributed by atoms with Crippen LogP contribution in [0.5, 0.6) is 0 Å². The average Bonchev–Trinajstić information content (AvgIpc) is 2.88. The first-order chi connectivity index (χ1) is 18.5. The molecular formula is C36H59FO2. The third-order valence-corrected chi connectivity index (χ3v) is 5.88. The predicted molar refractivity (Wildman–Crippen MR) is 172 cm³/mol. The van der Waals surface area contributed by atoms with E-state index < -0.39 is 0 Å². The van der Waals surface area contributed by atoms with Gasteiger partial charge in [-0.05, 0) is 99.1 Å². The van der Waals surface area contributed by atoms with Gasteiger partial charge in [0.2, 0.25) is 0 Å². The Kier molecular flexibility index (Phi) is 23.6. The van der Waals surface area contributed by atoms with E-state index in [-0.39, 0.29) is 17.8 Å². The molecule has 222 valence electrons. The third-order valence-electron chi connectivity index (χ3n) is 5.88. The van der Waals surface area contributed by atoms with Crippen molar-refractivity contribution < 1.29 is 14.2 Å². The fraction of sp³-hybridized carbons (Fsp3) is 0.556. The van der Waals surface area contributed by atoms with Crippen LogP contribution in [-0.2, 0) is 4.74 Å². The van der Waals surface area contributed by atoms with Gasteiger partial charge in [0.05, 0.1) is 12.7 Å². The van der Waals surface area contributed by atoms with Gasteiger partial charge in [0, 0.05) is 6.61 Å². The van der Waals surface area contributed by atoms with E-state index >= 15 is 0 Å². The molecule has 2 unspecified atom stereocenters. The molecule has 2 nitrogen and oxygen atoms in total. The summed E-state index contributed by atoms with van der Waals surface area (Å²) in [6.07, 6.45) is 9.91. The number of rotatable bonds is 15. The quantitative estimate of drug-likeness (QED) is 0.136. The van der Waals surface area contributed by atoms with Crippen LogP contribution in [0.15, 0.2) is 77.9 Å². The second-order valence-electron chi connectivity index (χ2n) is 10.5. The van der Waals surface area contributed by atoms with E-state index in [1.165, 1.54) is 23.3 Å². The molecule has 0 saturated heterocycles. The van der Waals surface area contributed by atoms with Crippen molar-refractivity contribution in [1.82, 2.24) is 0 Å². The van der Waals surface area contributed by atoms with Gasteiger partial charge in [0.25, 0.3) is 0 Å². The highest BCUT2D eigenvalue weighted by molar-refractivity contribution is 5.84. The number of benzene rings is 1. The van der Waals surface area contributed by atoms with Crippen molar-refractivity contribution in [3.8, 4) is 0 Å². The first-order valence-electron chi connectivity index (χ1n) is 14.8. The summed E-state index contributed by atoms with van der Waals surface area (Å²) in [5.41, 5.74) is 6.80. The Hall–Kier alpha value is -2.23. The highest BCUT2D eigenvalue weighted by Gasteiger charge is 2.17. The Balaban J connectivity index is 0. The molecule has 0 aliphatic carbocycles. The standard InChI is InChI=1S/C31H47FO2.C3H6.C2H6/c1-9-17-34-21-30(23(5)6)31(26-13-15-28(32)16-14-26)27(18-22(3)4)12-11-25(8)20-29(33)19-24(7)10-2;1-3-2;1-2/h11-16,22,25,29,33H,7,9-10,17-21H2,1-6,8H3;3H,1H2,2H3;1-2H3/b12-11+,31-27-;;. The minimum absolute atomic E-state index is 0.225. The lowest BCUT2D eigenvalue weighted by atomic mass is 9.86. The van der Waals surface area contributed by atoms with Gasteiger partial charge in [-0.3, -0.25) is 0 Å². The first kappa shape index (κ1) is 38.9. The molecule has 0 spiro atoms. The fourth-order valence-electron chi connectivity index (χ4n) is 4.00. The van der Waals surface area contributed by atoms with Crippen molar-refractivity contribution in [2.45, 2.75) is 107 Å². The van der Waals surface area contributed by atoms with Crippen molar-refractivity contribution in [1.29, 1.82) is 0 Å². The van der Waals surface area contributed by atoms with Gasteiger partial charge in [-0.15, -0.1) is 6.58 Å². The molecule has 3 heteroatoms. The number of halogens is 1. The van der Waals surface area contributed by atoms with Gasteiger partial charge in [0.15, 0.2) is 0 Å². The molecule has 0 fully saturated rings. The molecule has 1 aromatic carbocycles. The van der Waals surface area contributed by atoms with Gasteiger partial charge >= 0.3 is 0 Å². The van der Waals surface area contributed by atoms with E-state index in [4.69, 9.17) is 4.74 Å². The van der Waals surface area contributed by atoms with Crippen LogP contribution >= 0.6 is 0 Å². The van der Waals surface area contributed by atoms with Crippen molar-refractivity contribution in [3.63, 3.8) is 0 Å². The number of ether oxygens (including phenoxy) is 1. The number of hydrogen-bond acceptors (Lipinski definition) is 2. The van der Waals surface area contributed by atoms with Crippen LogP contribution in [0.2, 0.25) is 0 Å². The molecule has 0 radical (unpaired) electrons. The van der Waals surface area contributed by atoms with Crippen molar-refractivity contribution in [2.75, 3.05) is 13.2 Å². The van der Waals surface area contributed by atoms with Gasteiger partial charge in [-0.25, -0.2) is 4.39 Å². The Morgan fingerprint density at radius 3 is 2.08 bits per heavy atom. The Morgan fingerprint density at radius 2 is 1.62 bits per heavy atom. The summed E-state index contributed by atoms with van der Waals surface area (Å²) < 4.78 is 19.7. The monoisotopic (exact) mass is 542 g/mol. The van der Waals surface area contributed by atoms with Gasteiger partial charge in [-0.1, -0.05) is 96.6 Å². The molecule has 39 heavy (non-hydrogen) atoms. The number of hydrogen-bond donors (Lipinski definition) is 1. The molecule has 1 N–H and O–H groups in total. The lowest BCUT2D eigenvalue weighted by Crippen LogP contribution is -2.11. The Bertz CT molecular complexity index is 883. The van der Waals surface area contributed by atoms with Gasteiger partial charge in [0.1, 0.15) is 5.82 Å². The second-order valence-corrected chi connectivity index (χ2v) is 10.5. The zero-order valence-corrected chi connectivity index (χ0v) is 26.9. The summed E-state index contributed by atoms with van der Waals surface area (Å²) in [5, 5.41) is 10.5. The Morgan fingerprint density at radius 1 is 1.05 bits per heavy atom.